The first-order chi connectivity index (χ1) is 8.28. The Morgan fingerprint density at radius 3 is 2.33 bits per heavy atom. The molecule has 1 rings (SSSR count). The molecule has 0 aromatic carbocycles. The molecule has 0 unspecified atom stereocenters. The zero-order chi connectivity index (χ0) is 13.8. The standard InChI is InChI=1S/C14H25NO3/c1-10(11-6-5-7-11)15-12(16)8-9-13(17)18-14(2,3)4/h10-11H,5-9H2,1-4H3,(H,15,16)/t10-/m1/s1. The summed E-state index contributed by atoms with van der Waals surface area (Å²) in [6.07, 6.45) is 4.04. The molecule has 1 N–H and O–H groups in total. The molecule has 104 valence electrons. The lowest BCUT2D eigenvalue weighted by atomic mass is 9.80. The van der Waals surface area contributed by atoms with Crippen molar-refractivity contribution in [3.05, 3.63) is 0 Å². The number of hydrogen-bond acceptors (Lipinski definition) is 3. The Kier molecular flexibility index (Phi) is 5.17. The summed E-state index contributed by atoms with van der Waals surface area (Å²) in [5.41, 5.74) is -0.479. The Hall–Kier alpha value is -1.06. The molecule has 0 saturated heterocycles. The van der Waals surface area contributed by atoms with Gasteiger partial charge in [-0.2, -0.15) is 0 Å². The second-order valence-corrected chi connectivity index (χ2v) is 6.13. The molecule has 1 amide bonds. The molecule has 18 heavy (non-hydrogen) atoms. The molecule has 0 aromatic rings. The van der Waals surface area contributed by atoms with Crippen LogP contribution < -0.4 is 5.32 Å². The molecule has 4 heteroatoms. The number of hydrogen-bond donors (Lipinski definition) is 1. The average molecular weight is 255 g/mol. The van der Waals surface area contributed by atoms with Gasteiger partial charge >= 0.3 is 5.97 Å². The molecule has 0 radical (unpaired) electrons. The summed E-state index contributed by atoms with van der Waals surface area (Å²) in [5, 5.41) is 2.95. The highest BCUT2D eigenvalue weighted by Gasteiger charge is 2.25. The van der Waals surface area contributed by atoms with Crippen LogP contribution in [0.25, 0.3) is 0 Å². The molecule has 1 saturated carbocycles. The predicted molar refractivity (Wildman–Crippen MR) is 70.0 cm³/mol. The summed E-state index contributed by atoms with van der Waals surface area (Å²) < 4.78 is 5.15. The van der Waals surface area contributed by atoms with Crippen LogP contribution in [0, 0.1) is 5.92 Å². The maximum Gasteiger partial charge on any atom is 0.306 e. The predicted octanol–water partition coefficient (Wildman–Crippen LogP) is 2.41. The highest BCUT2D eigenvalue weighted by atomic mass is 16.6. The molecule has 1 aliphatic carbocycles. The zero-order valence-electron chi connectivity index (χ0n) is 11.9. The third-order valence-corrected chi connectivity index (χ3v) is 3.22. The molecule has 4 nitrogen and oxygen atoms in total. The third-order valence-electron chi connectivity index (χ3n) is 3.22. The van der Waals surface area contributed by atoms with Gasteiger partial charge in [-0.3, -0.25) is 9.59 Å². The minimum absolute atomic E-state index is 0.0553. The van der Waals surface area contributed by atoms with Gasteiger partial charge in [0.25, 0.3) is 0 Å². The Balaban J connectivity index is 2.18. The number of nitrogens with one attached hydrogen (secondary N) is 1. The lowest BCUT2D eigenvalue weighted by molar-refractivity contribution is -0.155. The molecule has 1 aliphatic rings. The number of carbonyl (C=O) groups is 2. The zero-order valence-corrected chi connectivity index (χ0v) is 11.9. The van der Waals surface area contributed by atoms with Crippen molar-refractivity contribution in [3.8, 4) is 0 Å². The van der Waals surface area contributed by atoms with Crippen LogP contribution in [-0.4, -0.2) is 23.5 Å². The smallest absolute Gasteiger partial charge is 0.306 e. The largest absolute Gasteiger partial charge is 0.460 e. The van der Waals surface area contributed by atoms with E-state index in [-0.39, 0.29) is 30.8 Å². The summed E-state index contributed by atoms with van der Waals surface area (Å²) in [4.78, 5) is 23.1. The van der Waals surface area contributed by atoms with E-state index in [0.29, 0.717) is 5.92 Å². The molecular formula is C14H25NO3. The Labute approximate surface area is 109 Å². The molecule has 0 spiro atoms. The van der Waals surface area contributed by atoms with Gasteiger partial charge in [-0.1, -0.05) is 6.42 Å². The fourth-order valence-corrected chi connectivity index (χ4v) is 1.99. The minimum Gasteiger partial charge on any atom is -0.460 e. The Morgan fingerprint density at radius 1 is 1.28 bits per heavy atom. The summed E-state index contributed by atoms with van der Waals surface area (Å²) in [6, 6.07) is 0.227. The van der Waals surface area contributed by atoms with Gasteiger partial charge in [0.1, 0.15) is 5.60 Å². The van der Waals surface area contributed by atoms with Gasteiger partial charge in [-0.05, 0) is 46.5 Å². The molecule has 1 atom stereocenters. The maximum atomic E-state index is 11.6. The van der Waals surface area contributed by atoms with Crippen LogP contribution >= 0.6 is 0 Å². The lowest BCUT2D eigenvalue weighted by Crippen LogP contribution is -2.40. The van der Waals surface area contributed by atoms with Gasteiger partial charge in [0, 0.05) is 12.5 Å². The van der Waals surface area contributed by atoms with Crippen LogP contribution in [-0.2, 0) is 14.3 Å². The van der Waals surface area contributed by atoms with Crippen LogP contribution in [0.1, 0.15) is 59.8 Å². The maximum absolute atomic E-state index is 11.6. The SMILES string of the molecule is C[C@@H](NC(=O)CCC(=O)OC(C)(C)C)C1CCC1. The summed E-state index contributed by atoms with van der Waals surface area (Å²) in [5.74, 6) is 0.254. The minimum atomic E-state index is -0.479. The van der Waals surface area contributed by atoms with E-state index < -0.39 is 5.60 Å². The molecule has 0 aliphatic heterocycles. The molecule has 1 fully saturated rings. The van der Waals surface area contributed by atoms with Crippen molar-refractivity contribution in [1.29, 1.82) is 0 Å². The number of amides is 1. The van der Waals surface area contributed by atoms with Gasteiger partial charge in [0.05, 0.1) is 6.42 Å². The first kappa shape index (κ1) is 15.0. The third kappa shape index (κ3) is 5.52. The highest BCUT2D eigenvalue weighted by molar-refractivity contribution is 5.81. The molecular weight excluding hydrogens is 230 g/mol. The molecule has 0 bridgehead atoms. The van der Waals surface area contributed by atoms with Crippen LogP contribution in [0.15, 0.2) is 0 Å². The van der Waals surface area contributed by atoms with E-state index in [2.05, 4.69) is 5.32 Å². The van der Waals surface area contributed by atoms with Crippen molar-refractivity contribution in [2.24, 2.45) is 5.92 Å². The van der Waals surface area contributed by atoms with Crippen molar-refractivity contribution < 1.29 is 14.3 Å². The topological polar surface area (TPSA) is 55.4 Å². The van der Waals surface area contributed by atoms with Crippen LogP contribution in [0.2, 0.25) is 0 Å². The van der Waals surface area contributed by atoms with E-state index in [0.717, 1.165) is 0 Å². The van der Waals surface area contributed by atoms with Crippen molar-refractivity contribution >= 4 is 11.9 Å². The average Bonchev–Trinajstić information content (AvgIpc) is 2.08. The quantitative estimate of drug-likeness (QED) is 0.768. The van der Waals surface area contributed by atoms with Crippen molar-refractivity contribution in [1.82, 2.24) is 5.32 Å². The van der Waals surface area contributed by atoms with Gasteiger partial charge in [-0.25, -0.2) is 0 Å². The Morgan fingerprint density at radius 2 is 1.89 bits per heavy atom. The number of carbonyl (C=O) groups excluding carboxylic acids is 2. The second-order valence-electron chi connectivity index (χ2n) is 6.13. The van der Waals surface area contributed by atoms with Gasteiger partial charge in [0.15, 0.2) is 0 Å². The highest BCUT2D eigenvalue weighted by Crippen LogP contribution is 2.29. The normalized spacial score (nSPS) is 17.8. The number of esters is 1. The fraction of sp³-hybridized carbons (Fsp3) is 0.857. The number of rotatable bonds is 5. The van der Waals surface area contributed by atoms with E-state index in [1.54, 1.807) is 0 Å². The van der Waals surface area contributed by atoms with E-state index in [9.17, 15) is 9.59 Å². The summed E-state index contributed by atoms with van der Waals surface area (Å²) >= 11 is 0. The van der Waals surface area contributed by atoms with E-state index in [1.165, 1.54) is 19.3 Å². The van der Waals surface area contributed by atoms with Gasteiger partial charge < -0.3 is 10.1 Å². The van der Waals surface area contributed by atoms with E-state index >= 15 is 0 Å². The summed E-state index contributed by atoms with van der Waals surface area (Å²) in [7, 11) is 0. The van der Waals surface area contributed by atoms with E-state index in [4.69, 9.17) is 4.74 Å². The monoisotopic (exact) mass is 255 g/mol. The van der Waals surface area contributed by atoms with E-state index in [1.807, 2.05) is 27.7 Å². The van der Waals surface area contributed by atoms with Crippen LogP contribution in [0.4, 0.5) is 0 Å². The lowest BCUT2D eigenvalue weighted by Gasteiger charge is -2.31. The summed E-state index contributed by atoms with van der Waals surface area (Å²) in [6.45, 7) is 7.51. The van der Waals surface area contributed by atoms with Crippen LogP contribution in [0.5, 0.6) is 0 Å². The first-order valence-electron chi connectivity index (χ1n) is 6.79. The fourth-order valence-electron chi connectivity index (χ4n) is 1.99. The van der Waals surface area contributed by atoms with Crippen LogP contribution in [0.3, 0.4) is 0 Å². The van der Waals surface area contributed by atoms with Gasteiger partial charge in [-0.15, -0.1) is 0 Å². The Bertz CT molecular complexity index is 303. The van der Waals surface area contributed by atoms with Crippen molar-refractivity contribution in [2.45, 2.75) is 71.4 Å². The first-order valence-corrected chi connectivity index (χ1v) is 6.79. The number of ether oxygens (including phenoxy) is 1. The second kappa shape index (κ2) is 6.21. The molecule has 0 heterocycles. The van der Waals surface area contributed by atoms with Crippen molar-refractivity contribution in [3.63, 3.8) is 0 Å². The molecule has 0 aromatic heterocycles. The van der Waals surface area contributed by atoms with Gasteiger partial charge in [0.2, 0.25) is 5.91 Å². The van der Waals surface area contributed by atoms with Crippen molar-refractivity contribution in [2.75, 3.05) is 0 Å².